The first kappa shape index (κ1) is 16.1. The topological polar surface area (TPSA) is 75.2 Å². The third-order valence-corrected chi connectivity index (χ3v) is 4.14. The van der Waals surface area contributed by atoms with E-state index in [1.54, 1.807) is 24.3 Å². The van der Waals surface area contributed by atoms with E-state index in [4.69, 9.17) is 0 Å². The number of anilines is 1. The molecule has 10 heteroatoms. The molecule has 1 aliphatic rings. The number of fused-ring (bicyclic) bond motifs is 1. The predicted octanol–water partition coefficient (Wildman–Crippen LogP) is 2.62. The molecule has 0 aliphatic carbocycles. The van der Waals surface area contributed by atoms with Crippen LogP contribution in [0.5, 0.6) is 0 Å². The van der Waals surface area contributed by atoms with Crippen LogP contribution in [-0.4, -0.2) is 33.5 Å². The molecule has 2 aromatic rings. The summed E-state index contributed by atoms with van der Waals surface area (Å²) in [6.45, 7) is 3.39. The quantitative estimate of drug-likeness (QED) is 0.919. The summed E-state index contributed by atoms with van der Waals surface area (Å²) in [4.78, 5) is 25.4. The van der Waals surface area contributed by atoms with Crippen LogP contribution in [0.2, 0.25) is 0 Å². The second-order valence-electron chi connectivity index (χ2n) is 4.84. The van der Waals surface area contributed by atoms with E-state index in [2.05, 4.69) is 22.1 Å². The number of carbonyl (C=O) groups excluding carboxylic acids is 2. The summed E-state index contributed by atoms with van der Waals surface area (Å²) in [5.74, 6) is -1.08. The lowest BCUT2D eigenvalue weighted by Gasteiger charge is -2.16. The standard InChI is InChI=1S/C14H9F3N4O2S/c1-7-8-4-2-3-5-9(8)11(23)21(7)6-10(22)18-13-20-19-12(24-13)14(15,16)17/h2-5H,1,6H2,(H,18,20,22). The van der Waals surface area contributed by atoms with Crippen molar-refractivity contribution in [3.05, 3.63) is 47.0 Å². The monoisotopic (exact) mass is 354 g/mol. The van der Waals surface area contributed by atoms with Crippen LogP contribution in [0.1, 0.15) is 20.9 Å². The second kappa shape index (κ2) is 5.71. The fourth-order valence-electron chi connectivity index (χ4n) is 2.19. The Balaban J connectivity index is 1.69. The fourth-order valence-corrected chi connectivity index (χ4v) is 2.82. The molecule has 0 atom stereocenters. The number of hydrogen-bond acceptors (Lipinski definition) is 5. The van der Waals surface area contributed by atoms with E-state index in [-0.39, 0.29) is 28.9 Å². The maximum absolute atomic E-state index is 12.5. The zero-order valence-electron chi connectivity index (χ0n) is 11.9. The van der Waals surface area contributed by atoms with Gasteiger partial charge in [-0.05, 0) is 6.07 Å². The number of carbonyl (C=O) groups is 2. The maximum atomic E-state index is 12.5. The second-order valence-corrected chi connectivity index (χ2v) is 5.82. The molecular formula is C14H9F3N4O2S. The lowest BCUT2D eigenvalue weighted by atomic mass is 10.1. The van der Waals surface area contributed by atoms with Gasteiger partial charge >= 0.3 is 6.18 Å². The summed E-state index contributed by atoms with van der Waals surface area (Å²) in [6.07, 6.45) is -4.62. The van der Waals surface area contributed by atoms with Crippen molar-refractivity contribution in [1.82, 2.24) is 15.1 Å². The van der Waals surface area contributed by atoms with E-state index >= 15 is 0 Å². The molecule has 0 unspecified atom stereocenters. The number of nitrogens with zero attached hydrogens (tertiary/aromatic N) is 3. The van der Waals surface area contributed by atoms with Gasteiger partial charge in [-0.15, -0.1) is 10.2 Å². The maximum Gasteiger partial charge on any atom is 0.445 e. The summed E-state index contributed by atoms with van der Waals surface area (Å²) in [5, 5.41) is 6.98. The average molecular weight is 354 g/mol. The van der Waals surface area contributed by atoms with Gasteiger partial charge in [0.1, 0.15) is 6.54 Å². The summed E-state index contributed by atoms with van der Waals surface area (Å²) in [6, 6.07) is 6.74. The van der Waals surface area contributed by atoms with Crippen molar-refractivity contribution in [2.75, 3.05) is 11.9 Å². The van der Waals surface area contributed by atoms with Crippen molar-refractivity contribution in [2.45, 2.75) is 6.18 Å². The molecule has 3 rings (SSSR count). The fraction of sp³-hybridized carbons (Fsp3) is 0.143. The van der Waals surface area contributed by atoms with Crippen molar-refractivity contribution >= 4 is 34.0 Å². The lowest BCUT2D eigenvalue weighted by Crippen LogP contribution is -2.32. The van der Waals surface area contributed by atoms with Crippen molar-refractivity contribution in [3.8, 4) is 0 Å². The predicted molar refractivity (Wildman–Crippen MR) is 80.1 cm³/mol. The summed E-state index contributed by atoms with van der Waals surface area (Å²) in [7, 11) is 0. The molecule has 6 nitrogen and oxygen atoms in total. The Morgan fingerprint density at radius 3 is 2.50 bits per heavy atom. The highest BCUT2D eigenvalue weighted by Crippen LogP contribution is 2.33. The Kier molecular flexibility index (Phi) is 3.84. The molecule has 2 amide bonds. The minimum atomic E-state index is -4.62. The van der Waals surface area contributed by atoms with Gasteiger partial charge in [0.25, 0.3) is 5.91 Å². The zero-order chi connectivity index (χ0) is 17.5. The Morgan fingerprint density at radius 1 is 1.25 bits per heavy atom. The first-order valence-electron chi connectivity index (χ1n) is 6.58. The number of hydrogen-bond donors (Lipinski definition) is 1. The number of aromatic nitrogens is 2. The third kappa shape index (κ3) is 2.87. The van der Waals surface area contributed by atoms with E-state index in [0.29, 0.717) is 16.8 Å². The highest BCUT2D eigenvalue weighted by atomic mass is 32.1. The molecule has 124 valence electrons. The Morgan fingerprint density at radius 2 is 1.92 bits per heavy atom. The van der Waals surface area contributed by atoms with Crippen molar-refractivity contribution < 1.29 is 22.8 Å². The van der Waals surface area contributed by atoms with Gasteiger partial charge in [0.2, 0.25) is 16.0 Å². The van der Waals surface area contributed by atoms with Crippen LogP contribution in [0.3, 0.4) is 0 Å². The normalized spacial score (nSPS) is 14.0. The average Bonchev–Trinajstić information content (AvgIpc) is 3.07. The molecule has 2 heterocycles. The zero-order valence-corrected chi connectivity index (χ0v) is 12.7. The minimum Gasteiger partial charge on any atom is -0.299 e. The molecule has 0 spiro atoms. The number of amides is 2. The largest absolute Gasteiger partial charge is 0.445 e. The van der Waals surface area contributed by atoms with Gasteiger partial charge in [-0.2, -0.15) is 13.2 Å². The molecule has 1 aromatic heterocycles. The SMILES string of the molecule is C=C1c2ccccc2C(=O)N1CC(=O)Nc1nnc(C(F)(F)F)s1. The van der Waals surface area contributed by atoms with Crippen LogP contribution in [0.15, 0.2) is 30.8 Å². The summed E-state index contributed by atoms with van der Waals surface area (Å²) < 4.78 is 37.4. The van der Waals surface area contributed by atoms with Crippen molar-refractivity contribution in [3.63, 3.8) is 0 Å². The number of alkyl halides is 3. The van der Waals surface area contributed by atoms with Gasteiger partial charge in [0.15, 0.2) is 0 Å². The first-order chi connectivity index (χ1) is 11.3. The van der Waals surface area contributed by atoms with E-state index in [1.165, 1.54) is 0 Å². The Bertz CT molecular complexity index is 812. The highest BCUT2D eigenvalue weighted by molar-refractivity contribution is 7.15. The van der Waals surface area contributed by atoms with Gasteiger partial charge in [-0.3, -0.25) is 19.8 Å². The molecule has 0 bridgehead atoms. The van der Waals surface area contributed by atoms with Gasteiger partial charge < -0.3 is 0 Å². The van der Waals surface area contributed by atoms with E-state index < -0.39 is 17.1 Å². The van der Waals surface area contributed by atoms with Crippen LogP contribution >= 0.6 is 11.3 Å². The molecule has 0 saturated carbocycles. The molecule has 1 aliphatic heterocycles. The van der Waals surface area contributed by atoms with E-state index in [1.807, 2.05) is 0 Å². The first-order valence-corrected chi connectivity index (χ1v) is 7.40. The van der Waals surface area contributed by atoms with Gasteiger partial charge in [-0.25, -0.2) is 0 Å². The van der Waals surface area contributed by atoms with Crippen LogP contribution < -0.4 is 5.32 Å². The van der Waals surface area contributed by atoms with Crippen molar-refractivity contribution in [1.29, 1.82) is 0 Å². The Hall–Kier alpha value is -2.75. The Labute approximate surface area is 137 Å². The molecule has 1 N–H and O–H groups in total. The molecule has 1 aromatic carbocycles. The van der Waals surface area contributed by atoms with Crippen molar-refractivity contribution in [2.24, 2.45) is 0 Å². The van der Waals surface area contributed by atoms with Gasteiger partial charge in [-0.1, -0.05) is 36.1 Å². The molecule has 24 heavy (non-hydrogen) atoms. The summed E-state index contributed by atoms with van der Waals surface area (Å²) >= 11 is 0.210. The number of rotatable bonds is 3. The van der Waals surface area contributed by atoms with Crippen LogP contribution in [0.4, 0.5) is 18.3 Å². The third-order valence-electron chi connectivity index (χ3n) is 3.25. The summed E-state index contributed by atoms with van der Waals surface area (Å²) in [5.41, 5.74) is 1.40. The molecule has 0 fully saturated rings. The minimum absolute atomic E-state index is 0.210. The van der Waals surface area contributed by atoms with Gasteiger partial charge in [0, 0.05) is 16.8 Å². The van der Waals surface area contributed by atoms with Gasteiger partial charge in [0.05, 0.1) is 0 Å². The smallest absolute Gasteiger partial charge is 0.299 e. The van der Waals surface area contributed by atoms with E-state index in [9.17, 15) is 22.8 Å². The van der Waals surface area contributed by atoms with Crippen LogP contribution in [0, 0.1) is 0 Å². The van der Waals surface area contributed by atoms with Crippen LogP contribution in [-0.2, 0) is 11.0 Å². The van der Waals surface area contributed by atoms with Crippen LogP contribution in [0.25, 0.3) is 5.70 Å². The molecular weight excluding hydrogens is 345 g/mol. The number of nitrogens with one attached hydrogen (secondary N) is 1. The number of benzene rings is 1. The molecule has 0 saturated heterocycles. The lowest BCUT2D eigenvalue weighted by molar-refractivity contribution is -0.138. The van der Waals surface area contributed by atoms with E-state index in [0.717, 1.165) is 4.90 Å². The highest BCUT2D eigenvalue weighted by Gasteiger charge is 2.36. The molecule has 0 radical (unpaired) electrons. The number of halogens is 3.